The highest BCUT2D eigenvalue weighted by molar-refractivity contribution is 5.31. The van der Waals surface area contributed by atoms with Crippen LogP contribution in [0.2, 0.25) is 0 Å². The molecule has 1 aromatic heterocycles. The molecule has 2 rings (SSSR count). The summed E-state index contributed by atoms with van der Waals surface area (Å²) in [7, 11) is 3.56. The number of aliphatic hydroxyl groups excluding tert-OH is 1. The van der Waals surface area contributed by atoms with Crippen molar-refractivity contribution < 1.29 is 14.6 Å². The molecule has 1 unspecified atom stereocenters. The molecule has 112 valence electrons. The van der Waals surface area contributed by atoms with Gasteiger partial charge in [-0.2, -0.15) is 4.98 Å². The minimum atomic E-state index is -0.446. The van der Waals surface area contributed by atoms with E-state index in [0.717, 1.165) is 12.2 Å². The zero-order valence-electron chi connectivity index (χ0n) is 12.2. The smallest absolute Gasteiger partial charge is 0.226 e. The van der Waals surface area contributed by atoms with Crippen molar-refractivity contribution in [1.29, 1.82) is 0 Å². The Morgan fingerprint density at radius 3 is 3.00 bits per heavy atom. The third-order valence-electron chi connectivity index (χ3n) is 3.66. The molecular weight excluding hydrogens is 260 g/mol. The number of hydrogen-bond donors (Lipinski definition) is 2. The van der Waals surface area contributed by atoms with Crippen molar-refractivity contribution in [1.82, 2.24) is 14.9 Å². The number of aromatic nitrogens is 2. The molecule has 1 aliphatic rings. The lowest BCUT2D eigenvalue weighted by molar-refractivity contribution is -0.0726. The molecule has 2 N–H and O–H groups in total. The molecular formula is C13H22N4O3. The number of nitrogens with zero attached hydrogens (tertiary/aromatic N) is 3. The van der Waals surface area contributed by atoms with Gasteiger partial charge in [-0.3, -0.25) is 4.90 Å². The zero-order valence-corrected chi connectivity index (χ0v) is 12.2. The molecule has 1 atom stereocenters. The van der Waals surface area contributed by atoms with Gasteiger partial charge in [0.1, 0.15) is 0 Å². The van der Waals surface area contributed by atoms with Crippen LogP contribution < -0.4 is 10.1 Å². The van der Waals surface area contributed by atoms with Crippen molar-refractivity contribution in [2.45, 2.75) is 12.5 Å². The van der Waals surface area contributed by atoms with Gasteiger partial charge in [-0.05, 0) is 14.0 Å². The van der Waals surface area contributed by atoms with Crippen LogP contribution in [-0.2, 0) is 4.74 Å². The monoisotopic (exact) mass is 282 g/mol. The van der Waals surface area contributed by atoms with Crippen LogP contribution in [0.4, 0.5) is 5.95 Å². The van der Waals surface area contributed by atoms with Crippen LogP contribution in [0.5, 0.6) is 5.88 Å². The first-order valence-corrected chi connectivity index (χ1v) is 6.63. The molecule has 1 aliphatic heterocycles. The number of methoxy groups -OCH3 is 1. The quantitative estimate of drug-likeness (QED) is 0.780. The van der Waals surface area contributed by atoms with Crippen molar-refractivity contribution in [3.05, 3.63) is 11.8 Å². The standard InChI is InChI=1S/C13H22N4O3/c1-10-6-11(19-3)16-12(15-10)14-7-13(8-18)9-20-5-4-17(13)2/h6,18H,4-5,7-9H2,1-3H3,(H,14,15,16). The Kier molecular flexibility index (Phi) is 4.74. The molecule has 0 amide bonds. The van der Waals surface area contributed by atoms with E-state index in [2.05, 4.69) is 20.2 Å². The van der Waals surface area contributed by atoms with Gasteiger partial charge in [0, 0.05) is 24.8 Å². The Morgan fingerprint density at radius 1 is 1.55 bits per heavy atom. The van der Waals surface area contributed by atoms with E-state index in [0.29, 0.717) is 31.6 Å². The predicted molar refractivity (Wildman–Crippen MR) is 75.1 cm³/mol. The lowest BCUT2D eigenvalue weighted by Gasteiger charge is -2.43. The number of ether oxygens (including phenoxy) is 2. The number of hydrogen-bond acceptors (Lipinski definition) is 7. The summed E-state index contributed by atoms with van der Waals surface area (Å²) in [6.45, 7) is 4.36. The maximum Gasteiger partial charge on any atom is 0.226 e. The predicted octanol–water partition coefficient (Wildman–Crippen LogP) is -0.101. The summed E-state index contributed by atoms with van der Waals surface area (Å²) in [5.74, 6) is 1.01. The number of nitrogens with one attached hydrogen (secondary N) is 1. The summed E-state index contributed by atoms with van der Waals surface area (Å²) in [6.07, 6.45) is 0. The molecule has 2 heterocycles. The SMILES string of the molecule is COc1cc(C)nc(NCC2(CO)COCCN2C)n1. The minimum absolute atomic E-state index is 0.0133. The highest BCUT2D eigenvalue weighted by Crippen LogP contribution is 2.19. The molecule has 0 saturated carbocycles. The number of rotatable bonds is 5. The summed E-state index contributed by atoms with van der Waals surface area (Å²) in [5.41, 5.74) is 0.379. The lowest BCUT2D eigenvalue weighted by Crippen LogP contribution is -2.61. The average molecular weight is 282 g/mol. The molecule has 7 nitrogen and oxygen atoms in total. The van der Waals surface area contributed by atoms with Gasteiger partial charge in [0.15, 0.2) is 0 Å². The molecule has 1 fully saturated rings. The minimum Gasteiger partial charge on any atom is -0.481 e. The molecule has 20 heavy (non-hydrogen) atoms. The fourth-order valence-corrected chi connectivity index (χ4v) is 2.19. The third-order valence-corrected chi connectivity index (χ3v) is 3.66. The molecule has 0 aliphatic carbocycles. The van der Waals surface area contributed by atoms with Crippen LogP contribution in [-0.4, -0.2) is 72.6 Å². The molecule has 0 bridgehead atoms. The van der Waals surface area contributed by atoms with Crippen molar-refractivity contribution in [2.75, 3.05) is 52.4 Å². The van der Waals surface area contributed by atoms with Crippen LogP contribution in [0, 0.1) is 6.92 Å². The van der Waals surface area contributed by atoms with E-state index in [1.54, 1.807) is 13.2 Å². The molecule has 0 spiro atoms. The molecule has 1 saturated heterocycles. The fraction of sp³-hybridized carbons (Fsp3) is 0.692. The second-order valence-electron chi connectivity index (χ2n) is 5.09. The second kappa shape index (κ2) is 6.34. The highest BCUT2D eigenvalue weighted by atomic mass is 16.5. The van der Waals surface area contributed by atoms with Crippen molar-refractivity contribution in [3.8, 4) is 5.88 Å². The topological polar surface area (TPSA) is 79.7 Å². The molecule has 0 radical (unpaired) electrons. The number of morpholine rings is 1. The van der Waals surface area contributed by atoms with Gasteiger partial charge in [-0.25, -0.2) is 4.98 Å². The molecule has 1 aromatic rings. The first-order valence-electron chi connectivity index (χ1n) is 6.63. The largest absolute Gasteiger partial charge is 0.481 e. The summed E-state index contributed by atoms with van der Waals surface area (Å²) in [4.78, 5) is 10.7. The first kappa shape index (κ1) is 15.0. The summed E-state index contributed by atoms with van der Waals surface area (Å²) in [6, 6.07) is 1.77. The lowest BCUT2D eigenvalue weighted by atomic mass is 9.98. The highest BCUT2D eigenvalue weighted by Gasteiger charge is 2.37. The number of anilines is 1. The Morgan fingerprint density at radius 2 is 2.35 bits per heavy atom. The van der Waals surface area contributed by atoms with Crippen molar-refractivity contribution in [2.24, 2.45) is 0 Å². The number of likely N-dealkylation sites (N-methyl/N-ethyl adjacent to an activating group) is 1. The summed E-state index contributed by atoms with van der Waals surface area (Å²) >= 11 is 0. The Bertz CT molecular complexity index is 457. The van der Waals surface area contributed by atoms with Crippen LogP contribution >= 0.6 is 0 Å². The van der Waals surface area contributed by atoms with Crippen LogP contribution in [0.25, 0.3) is 0 Å². The van der Waals surface area contributed by atoms with E-state index in [-0.39, 0.29) is 6.61 Å². The van der Waals surface area contributed by atoms with Crippen LogP contribution in [0.3, 0.4) is 0 Å². The van der Waals surface area contributed by atoms with Gasteiger partial charge in [0.25, 0.3) is 0 Å². The van der Waals surface area contributed by atoms with E-state index in [4.69, 9.17) is 9.47 Å². The summed E-state index contributed by atoms with van der Waals surface area (Å²) in [5, 5.41) is 12.9. The number of aliphatic hydroxyl groups is 1. The maximum absolute atomic E-state index is 9.72. The summed E-state index contributed by atoms with van der Waals surface area (Å²) < 4.78 is 10.6. The van der Waals surface area contributed by atoms with E-state index in [1.807, 2.05) is 14.0 Å². The van der Waals surface area contributed by atoms with Gasteiger partial charge in [-0.1, -0.05) is 0 Å². The van der Waals surface area contributed by atoms with Crippen LogP contribution in [0.1, 0.15) is 5.69 Å². The number of aryl methyl sites for hydroxylation is 1. The normalized spacial score (nSPS) is 23.6. The average Bonchev–Trinajstić information content (AvgIpc) is 2.46. The Hall–Kier alpha value is -1.44. The Labute approximate surface area is 118 Å². The van der Waals surface area contributed by atoms with E-state index >= 15 is 0 Å². The van der Waals surface area contributed by atoms with E-state index < -0.39 is 5.54 Å². The van der Waals surface area contributed by atoms with Crippen molar-refractivity contribution >= 4 is 5.95 Å². The van der Waals surface area contributed by atoms with Gasteiger partial charge < -0.3 is 19.9 Å². The van der Waals surface area contributed by atoms with E-state index in [1.165, 1.54) is 0 Å². The third kappa shape index (κ3) is 3.17. The van der Waals surface area contributed by atoms with Crippen LogP contribution in [0.15, 0.2) is 6.07 Å². The molecule has 7 heteroatoms. The zero-order chi connectivity index (χ0) is 14.6. The van der Waals surface area contributed by atoms with Gasteiger partial charge in [-0.15, -0.1) is 0 Å². The molecule has 0 aromatic carbocycles. The van der Waals surface area contributed by atoms with Gasteiger partial charge in [0.2, 0.25) is 11.8 Å². The van der Waals surface area contributed by atoms with Crippen molar-refractivity contribution in [3.63, 3.8) is 0 Å². The van der Waals surface area contributed by atoms with Gasteiger partial charge >= 0.3 is 0 Å². The first-order chi connectivity index (χ1) is 9.59. The maximum atomic E-state index is 9.72. The second-order valence-corrected chi connectivity index (χ2v) is 5.09. The van der Waals surface area contributed by atoms with E-state index in [9.17, 15) is 5.11 Å². The van der Waals surface area contributed by atoms with Gasteiger partial charge in [0.05, 0.1) is 32.5 Å². The Balaban J connectivity index is 2.08. The fourth-order valence-electron chi connectivity index (χ4n) is 2.19.